The highest BCUT2D eigenvalue weighted by Gasteiger charge is 2.00. The van der Waals surface area contributed by atoms with Crippen LogP contribution < -0.4 is 5.56 Å². The van der Waals surface area contributed by atoms with Crippen molar-refractivity contribution < 1.29 is 0 Å². The molecule has 0 bridgehead atoms. The third kappa shape index (κ3) is 1.75. The highest BCUT2D eigenvalue weighted by molar-refractivity contribution is 7.09. The Bertz CT molecular complexity index is 473. The van der Waals surface area contributed by atoms with E-state index in [4.69, 9.17) is 0 Å². The van der Waals surface area contributed by atoms with E-state index in [1.807, 2.05) is 24.4 Å². The maximum absolute atomic E-state index is 11.6. The zero-order valence-electron chi connectivity index (χ0n) is 7.80. The molecule has 0 spiro atoms. The number of hydrogen-bond donors (Lipinski definition) is 0. The van der Waals surface area contributed by atoms with Gasteiger partial charge in [0, 0.05) is 23.3 Å². The first kappa shape index (κ1) is 9.15. The topological polar surface area (TPSA) is 34.9 Å². The van der Waals surface area contributed by atoms with Crippen molar-refractivity contribution in [2.24, 2.45) is 0 Å². The Hall–Kier alpha value is -1.42. The van der Waals surface area contributed by atoms with Gasteiger partial charge in [-0.3, -0.25) is 4.79 Å². The molecule has 3 nitrogen and oxygen atoms in total. The molecule has 0 atom stereocenters. The molecule has 0 amide bonds. The maximum atomic E-state index is 11.6. The van der Waals surface area contributed by atoms with Crippen LogP contribution in [0.25, 0.3) is 0 Å². The summed E-state index contributed by atoms with van der Waals surface area (Å²) in [6.07, 6.45) is 3.54. The molecule has 72 valence electrons. The molecule has 2 aromatic heterocycles. The monoisotopic (exact) mass is 206 g/mol. The Balaban J connectivity index is 2.34. The highest BCUT2D eigenvalue weighted by Crippen LogP contribution is 2.05. The predicted octanol–water partition coefficient (Wildman–Crippen LogP) is 1.66. The van der Waals surface area contributed by atoms with Crippen molar-refractivity contribution in [2.75, 3.05) is 0 Å². The molecule has 0 saturated heterocycles. The Morgan fingerprint density at radius 2 is 2.43 bits per heavy atom. The SMILES string of the molecule is Cc1cccn(Cc2nccs2)c1=O. The van der Waals surface area contributed by atoms with Gasteiger partial charge in [-0.05, 0) is 13.0 Å². The minimum atomic E-state index is 0.0581. The summed E-state index contributed by atoms with van der Waals surface area (Å²) in [6, 6.07) is 3.70. The van der Waals surface area contributed by atoms with Crippen LogP contribution in [0.15, 0.2) is 34.7 Å². The van der Waals surface area contributed by atoms with Gasteiger partial charge in [0.25, 0.3) is 5.56 Å². The van der Waals surface area contributed by atoms with Gasteiger partial charge < -0.3 is 4.57 Å². The standard InChI is InChI=1S/C10H10N2OS/c1-8-3-2-5-12(10(8)13)7-9-11-4-6-14-9/h2-6H,7H2,1H3. The van der Waals surface area contributed by atoms with Crippen molar-refractivity contribution in [3.63, 3.8) is 0 Å². The highest BCUT2D eigenvalue weighted by atomic mass is 32.1. The fourth-order valence-corrected chi connectivity index (χ4v) is 1.87. The molecule has 14 heavy (non-hydrogen) atoms. The summed E-state index contributed by atoms with van der Waals surface area (Å²) in [5, 5.41) is 2.87. The van der Waals surface area contributed by atoms with E-state index in [1.165, 1.54) is 0 Å². The van der Waals surface area contributed by atoms with Gasteiger partial charge in [-0.25, -0.2) is 4.98 Å². The van der Waals surface area contributed by atoms with Gasteiger partial charge in [-0.15, -0.1) is 11.3 Å². The van der Waals surface area contributed by atoms with Gasteiger partial charge in [0.2, 0.25) is 0 Å². The number of aryl methyl sites for hydroxylation is 1. The van der Waals surface area contributed by atoms with E-state index in [1.54, 1.807) is 28.3 Å². The van der Waals surface area contributed by atoms with Gasteiger partial charge in [-0.1, -0.05) is 6.07 Å². The lowest BCUT2D eigenvalue weighted by atomic mass is 10.3. The van der Waals surface area contributed by atoms with Crippen LogP contribution in [0.1, 0.15) is 10.6 Å². The predicted molar refractivity (Wildman–Crippen MR) is 56.7 cm³/mol. The van der Waals surface area contributed by atoms with Crippen LogP contribution in [0.5, 0.6) is 0 Å². The molecule has 0 saturated carbocycles. The normalized spacial score (nSPS) is 10.4. The second kappa shape index (κ2) is 3.75. The molecule has 4 heteroatoms. The van der Waals surface area contributed by atoms with Crippen LogP contribution in [0.2, 0.25) is 0 Å². The van der Waals surface area contributed by atoms with Crippen molar-refractivity contribution in [1.29, 1.82) is 0 Å². The minimum absolute atomic E-state index is 0.0581. The number of rotatable bonds is 2. The third-order valence-corrected chi connectivity index (χ3v) is 2.76. The lowest BCUT2D eigenvalue weighted by molar-refractivity contribution is 0.747. The molecule has 0 aromatic carbocycles. The van der Waals surface area contributed by atoms with Gasteiger partial charge in [0.1, 0.15) is 5.01 Å². The van der Waals surface area contributed by atoms with Crippen LogP contribution in [0.4, 0.5) is 0 Å². The zero-order valence-corrected chi connectivity index (χ0v) is 8.62. The first-order chi connectivity index (χ1) is 6.77. The molecular formula is C10H10N2OS. The Labute approximate surface area is 85.7 Å². The van der Waals surface area contributed by atoms with Gasteiger partial charge in [-0.2, -0.15) is 0 Å². The van der Waals surface area contributed by atoms with E-state index in [2.05, 4.69) is 4.98 Å². The second-order valence-corrected chi connectivity index (χ2v) is 4.03. The summed E-state index contributed by atoms with van der Waals surface area (Å²) >= 11 is 1.56. The van der Waals surface area contributed by atoms with E-state index in [0.717, 1.165) is 10.6 Å². The molecule has 0 radical (unpaired) electrons. The largest absolute Gasteiger partial charge is 0.308 e. The number of pyridine rings is 1. The van der Waals surface area contributed by atoms with Crippen LogP contribution in [-0.2, 0) is 6.54 Å². The molecule has 0 aliphatic rings. The van der Waals surface area contributed by atoms with E-state index < -0.39 is 0 Å². The Kier molecular flexibility index (Phi) is 2.45. The average molecular weight is 206 g/mol. The van der Waals surface area contributed by atoms with Crippen molar-refractivity contribution >= 4 is 11.3 Å². The summed E-state index contributed by atoms with van der Waals surface area (Å²) in [6.45, 7) is 2.39. The fourth-order valence-electron chi connectivity index (χ4n) is 1.26. The van der Waals surface area contributed by atoms with Crippen molar-refractivity contribution in [3.8, 4) is 0 Å². The fraction of sp³-hybridized carbons (Fsp3) is 0.200. The van der Waals surface area contributed by atoms with E-state index >= 15 is 0 Å². The smallest absolute Gasteiger partial charge is 0.253 e. The van der Waals surface area contributed by atoms with Crippen LogP contribution in [0, 0.1) is 6.92 Å². The quantitative estimate of drug-likeness (QED) is 0.749. The van der Waals surface area contributed by atoms with Gasteiger partial charge >= 0.3 is 0 Å². The maximum Gasteiger partial charge on any atom is 0.253 e. The number of aromatic nitrogens is 2. The Morgan fingerprint density at radius 3 is 3.14 bits per heavy atom. The summed E-state index contributed by atoms with van der Waals surface area (Å²) in [7, 11) is 0. The first-order valence-corrected chi connectivity index (χ1v) is 5.20. The van der Waals surface area contributed by atoms with E-state index in [0.29, 0.717) is 6.54 Å². The third-order valence-electron chi connectivity index (χ3n) is 2.00. The molecule has 0 aliphatic carbocycles. The van der Waals surface area contributed by atoms with E-state index in [9.17, 15) is 4.79 Å². The summed E-state index contributed by atoms with van der Waals surface area (Å²) < 4.78 is 1.67. The Morgan fingerprint density at radius 1 is 1.57 bits per heavy atom. The minimum Gasteiger partial charge on any atom is -0.308 e. The average Bonchev–Trinajstić information content (AvgIpc) is 2.66. The van der Waals surface area contributed by atoms with Crippen molar-refractivity contribution in [1.82, 2.24) is 9.55 Å². The second-order valence-electron chi connectivity index (χ2n) is 3.05. The summed E-state index contributed by atoms with van der Waals surface area (Å²) in [5.74, 6) is 0. The molecular weight excluding hydrogens is 196 g/mol. The van der Waals surface area contributed by atoms with Gasteiger partial charge in [0.15, 0.2) is 0 Å². The lowest BCUT2D eigenvalue weighted by Crippen LogP contribution is -2.21. The first-order valence-electron chi connectivity index (χ1n) is 4.32. The van der Waals surface area contributed by atoms with Crippen molar-refractivity contribution in [3.05, 3.63) is 50.8 Å². The van der Waals surface area contributed by atoms with Crippen LogP contribution >= 0.6 is 11.3 Å². The molecule has 2 aromatic rings. The van der Waals surface area contributed by atoms with E-state index in [-0.39, 0.29) is 5.56 Å². The van der Waals surface area contributed by atoms with Crippen LogP contribution in [-0.4, -0.2) is 9.55 Å². The summed E-state index contributed by atoms with van der Waals surface area (Å²) in [4.78, 5) is 15.8. The summed E-state index contributed by atoms with van der Waals surface area (Å²) in [5.41, 5.74) is 0.826. The lowest BCUT2D eigenvalue weighted by Gasteiger charge is -2.02. The van der Waals surface area contributed by atoms with Crippen molar-refractivity contribution in [2.45, 2.75) is 13.5 Å². The van der Waals surface area contributed by atoms with Crippen LogP contribution in [0.3, 0.4) is 0 Å². The molecule has 0 fully saturated rings. The molecule has 0 aliphatic heterocycles. The van der Waals surface area contributed by atoms with Gasteiger partial charge in [0.05, 0.1) is 6.54 Å². The molecule has 0 N–H and O–H groups in total. The zero-order chi connectivity index (χ0) is 9.97. The number of nitrogens with zero attached hydrogens (tertiary/aromatic N) is 2. The molecule has 0 unspecified atom stereocenters. The molecule has 2 rings (SSSR count). The number of thiazole rings is 1. The number of hydrogen-bond acceptors (Lipinski definition) is 3. The molecule has 2 heterocycles.